The summed E-state index contributed by atoms with van der Waals surface area (Å²) in [5.74, 6) is 0.518. The van der Waals surface area contributed by atoms with Gasteiger partial charge in [-0.2, -0.15) is 10.4 Å². The molecule has 7 nitrogen and oxygen atoms in total. The first kappa shape index (κ1) is 16.5. The highest BCUT2D eigenvalue weighted by molar-refractivity contribution is 5.80. The van der Waals surface area contributed by atoms with E-state index in [9.17, 15) is 5.26 Å². The van der Waals surface area contributed by atoms with Crippen LogP contribution in [-0.4, -0.2) is 26.3 Å². The van der Waals surface area contributed by atoms with Crippen LogP contribution in [0.3, 0.4) is 0 Å². The monoisotopic (exact) mass is 333 g/mol. The van der Waals surface area contributed by atoms with E-state index >= 15 is 0 Å². The average molecular weight is 333 g/mol. The van der Waals surface area contributed by atoms with Gasteiger partial charge in [0, 0.05) is 37.9 Å². The van der Waals surface area contributed by atoms with Crippen LogP contribution in [0.4, 0.5) is 5.95 Å². The van der Waals surface area contributed by atoms with E-state index in [-0.39, 0.29) is 0 Å². The van der Waals surface area contributed by atoms with Crippen molar-refractivity contribution in [3.8, 4) is 6.07 Å². The molecule has 0 radical (unpaired) electrons. The van der Waals surface area contributed by atoms with Gasteiger partial charge in [0.2, 0.25) is 5.95 Å². The molecule has 0 aromatic carbocycles. The molecular formula is C18H19N7. The molecule has 0 saturated heterocycles. The molecule has 0 amide bonds. The maximum atomic E-state index is 9.57. The van der Waals surface area contributed by atoms with Crippen LogP contribution in [0.2, 0.25) is 0 Å². The van der Waals surface area contributed by atoms with Crippen LogP contribution in [0, 0.1) is 18.3 Å². The zero-order valence-electron chi connectivity index (χ0n) is 14.0. The largest absolute Gasteiger partial charge is 0.361 e. The first-order valence-electron chi connectivity index (χ1n) is 8.07. The van der Waals surface area contributed by atoms with Crippen molar-refractivity contribution in [3.05, 3.63) is 66.0 Å². The predicted molar refractivity (Wildman–Crippen MR) is 96.1 cm³/mol. The number of hydrogen-bond donors (Lipinski definition) is 2. The molecule has 0 unspecified atom stereocenters. The van der Waals surface area contributed by atoms with E-state index in [1.165, 1.54) is 0 Å². The van der Waals surface area contributed by atoms with Crippen molar-refractivity contribution in [2.24, 2.45) is 0 Å². The summed E-state index contributed by atoms with van der Waals surface area (Å²) in [4.78, 5) is 8.84. The molecule has 2 N–H and O–H groups in total. The molecule has 0 saturated carbocycles. The van der Waals surface area contributed by atoms with Crippen molar-refractivity contribution >= 4 is 11.5 Å². The summed E-state index contributed by atoms with van der Waals surface area (Å²) < 4.78 is 1.88. The number of nitriles is 1. The van der Waals surface area contributed by atoms with E-state index in [0.717, 1.165) is 30.8 Å². The zero-order valence-corrected chi connectivity index (χ0v) is 14.0. The number of dihydropyridines is 1. The maximum Gasteiger partial charge on any atom is 0.223 e. The van der Waals surface area contributed by atoms with Gasteiger partial charge in [0.15, 0.2) is 0 Å². The number of nitrogens with zero attached hydrogens (tertiary/aromatic N) is 5. The van der Waals surface area contributed by atoms with Gasteiger partial charge in [0.25, 0.3) is 0 Å². The molecule has 3 heterocycles. The molecule has 0 atom stereocenters. The Bertz CT molecular complexity index is 854. The Labute approximate surface area is 146 Å². The zero-order chi connectivity index (χ0) is 17.5. The van der Waals surface area contributed by atoms with Crippen LogP contribution >= 0.6 is 0 Å². The third kappa shape index (κ3) is 4.12. The normalized spacial score (nSPS) is 14.7. The number of allylic oxidation sites excluding steroid dienone is 4. The van der Waals surface area contributed by atoms with Crippen molar-refractivity contribution in [3.63, 3.8) is 0 Å². The molecule has 2 aromatic rings. The second-order valence-electron chi connectivity index (χ2n) is 5.54. The van der Waals surface area contributed by atoms with Crippen molar-refractivity contribution in [1.29, 1.82) is 5.26 Å². The molecule has 0 fully saturated rings. The molecule has 0 bridgehead atoms. The van der Waals surface area contributed by atoms with Gasteiger partial charge in [-0.05, 0) is 37.1 Å². The van der Waals surface area contributed by atoms with Gasteiger partial charge >= 0.3 is 0 Å². The summed E-state index contributed by atoms with van der Waals surface area (Å²) in [5.41, 5.74) is 2.72. The lowest BCUT2D eigenvalue weighted by Gasteiger charge is -2.12. The van der Waals surface area contributed by atoms with Crippen LogP contribution in [-0.2, 0) is 6.54 Å². The van der Waals surface area contributed by atoms with E-state index in [1.54, 1.807) is 18.6 Å². The minimum atomic E-state index is 0.500. The first-order valence-corrected chi connectivity index (χ1v) is 8.07. The van der Waals surface area contributed by atoms with Gasteiger partial charge in [0.05, 0.1) is 11.4 Å². The fourth-order valence-electron chi connectivity index (χ4n) is 2.44. The summed E-state index contributed by atoms with van der Waals surface area (Å²) >= 11 is 0. The van der Waals surface area contributed by atoms with Crippen LogP contribution in [0.15, 0.2) is 54.8 Å². The average Bonchev–Trinajstić information content (AvgIpc) is 3.16. The molecule has 7 heteroatoms. The Kier molecular flexibility index (Phi) is 5.22. The first-order chi connectivity index (χ1) is 12.3. The van der Waals surface area contributed by atoms with Crippen molar-refractivity contribution < 1.29 is 0 Å². The Morgan fingerprint density at radius 1 is 1.40 bits per heavy atom. The minimum Gasteiger partial charge on any atom is -0.361 e. The van der Waals surface area contributed by atoms with Gasteiger partial charge in [-0.25, -0.2) is 9.97 Å². The summed E-state index contributed by atoms with van der Waals surface area (Å²) in [5, 5.41) is 20.0. The Balaban J connectivity index is 1.71. The maximum absolute atomic E-state index is 9.57. The lowest BCUT2D eigenvalue weighted by Crippen LogP contribution is -2.12. The molecule has 126 valence electrons. The Morgan fingerprint density at radius 2 is 2.32 bits per heavy atom. The second kappa shape index (κ2) is 7.93. The number of rotatable bonds is 6. The Hall–Kier alpha value is -3.40. The van der Waals surface area contributed by atoms with E-state index in [1.807, 2.05) is 42.1 Å². The van der Waals surface area contributed by atoms with Crippen LogP contribution in [0.5, 0.6) is 0 Å². The molecule has 1 aliphatic rings. The van der Waals surface area contributed by atoms with Crippen LogP contribution in [0.1, 0.15) is 17.7 Å². The van der Waals surface area contributed by atoms with Gasteiger partial charge < -0.3 is 10.6 Å². The van der Waals surface area contributed by atoms with Crippen LogP contribution < -0.4 is 10.6 Å². The number of aromatic nitrogens is 4. The molecule has 0 spiro atoms. The second-order valence-corrected chi connectivity index (χ2v) is 5.54. The van der Waals surface area contributed by atoms with E-state index in [2.05, 4.69) is 31.8 Å². The van der Waals surface area contributed by atoms with Crippen LogP contribution in [0.25, 0.3) is 5.57 Å². The molecule has 2 aromatic heterocycles. The fourth-order valence-corrected chi connectivity index (χ4v) is 2.44. The van der Waals surface area contributed by atoms with E-state index < -0.39 is 0 Å². The third-order valence-electron chi connectivity index (χ3n) is 3.71. The minimum absolute atomic E-state index is 0.500. The SMILES string of the molecule is Cc1cnc(NCCCn2cccn2)nc1/C(C#N)=C1\C=CC=CN1. The quantitative estimate of drug-likeness (QED) is 0.623. The van der Waals surface area contributed by atoms with Gasteiger partial charge in [-0.1, -0.05) is 6.08 Å². The predicted octanol–water partition coefficient (Wildman–Crippen LogP) is 2.39. The van der Waals surface area contributed by atoms with E-state index in [0.29, 0.717) is 17.2 Å². The molecule has 25 heavy (non-hydrogen) atoms. The van der Waals surface area contributed by atoms with Gasteiger partial charge in [-0.3, -0.25) is 4.68 Å². The van der Waals surface area contributed by atoms with Crippen molar-refractivity contribution in [2.45, 2.75) is 19.9 Å². The molecule has 1 aliphatic heterocycles. The number of anilines is 1. The smallest absolute Gasteiger partial charge is 0.223 e. The third-order valence-corrected chi connectivity index (χ3v) is 3.71. The fraction of sp³-hybridized carbons (Fsp3) is 0.222. The highest BCUT2D eigenvalue weighted by Crippen LogP contribution is 2.21. The topological polar surface area (TPSA) is 91.5 Å². The number of hydrogen-bond acceptors (Lipinski definition) is 6. The lowest BCUT2D eigenvalue weighted by atomic mass is 10.1. The van der Waals surface area contributed by atoms with Gasteiger partial charge in [-0.15, -0.1) is 0 Å². The molecule has 3 rings (SSSR count). The highest BCUT2D eigenvalue weighted by atomic mass is 15.3. The Morgan fingerprint density at radius 3 is 3.04 bits per heavy atom. The number of aryl methyl sites for hydroxylation is 2. The summed E-state index contributed by atoms with van der Waals surface area (Å²) in [6.07, 6.45) is 13.7. The van der Waals surface area contributed by atoms with Crippen molar-refractivity contribution in [2.75, 3.05) is 11.9 Å². The van der Waals surface area contributed by atoms with Crippen molar-refractivity contribution in [1.82, 2.24) is 25.1 Å². The summed E-state index contributed by atoms with van der Waals surface area (Å²) in [6, 6.07) is 4.15. The summed E-state index contributed by atoms with van der Waals surface area (Å²) in [6.45, 7) is 3.45. The summed E-state index contributed by atoms with van der Waals surface area (Å²) in [7, 11) is 0. The van der Waals surface area contributed by atoms with Gasteiger partial charge in [0.1, 0.15) is 11.6 Å². The molecule has 0 aliphatic carbocycles. The van der Waals surface area contributed by atoms with E-state index in [4.69, 9.17) is 0 Å². The lowest BCUT2D eigenvalue weighted by molar-refractivity contribution is 0.591. The molecular weight excluding hydrogens is 314 g/mol. The standard InChI is InChI=1S/C18H19N7/c1-14-13-22-18(21-8-4-10-25-11-5-9-23-25)24-17(14)15(12-19)16-6-2-3-7-20-16/h2-3,5-7,9,11,13,20H,4,8,10H2,1H3,(H,21,22,24)/b16-15+. The number of nitrogens with one attached hydrogen (secondary N) is 2. The highest BCUT2D eigenvalue weighted by Gasteiger charge is 2.13.